The smallest absolute Gasteiger partial charge is 0.139 e. The molecule has 0 saturated heterocycles. The van der Waals surface area contributed by atoms with Crippen LogP contribution < -0.4 is 0 Å². The topological polar surface area (TPSA) is 26.0 Å². The summed E-state index contributed by atoms with van der Waals surface area (Å²) in [7, 11) is 0. The Labute approximate surface area is 123 Å². The van der Waals surface area contributed by atoms with Crippen molar-refractivity contribution in [3.63, 3.8) is 0 Å². The summed E-state index contributed by atoms with van der Waals surface area (Å²) in [6.45, 7) is 4.13. The van der Waals surface area contributed by atoms with E-state index in [2.05, 4.69) is 37.3 Å². The van der Waals surface area contributed by atoms with Crippen LogP contribution in [0.3, 0.4) is 0 Å². The number of fused-ring (bicyclic) bond motifs is 3. The Balaban J connectivity index is 2.20. The van der Waals surface area contributed by atoms with Gasteiger partial charge < -0.3 is 4.42 Å². The number of furan rings is 1. The van der Waals surface area contributed by atoms with Crippen LogP contribution in [-0.4, -0.2) is 4.98 Å². The SMILES string of the molecule is Cc1cc2oc3ccccc3c2c(-c2ccccc2C)n1. The minimum Gasteiger partial charge on any atom is -0.456 e. The van der Waals surface area contributed by atoms with Crippen LogP contribution in [0.1, 0.15) is 11.3 Å². The van der Waals surface area contributed by atoms with E-state index in [1.54, 1.807) is 0 Å². The molecule has 0 aliphatic carbocycles. The molecule has 4 rings (SSSR count). The van der Waals surface area contributed by atoms with Crippen molar-refractivity contribution in [2.24, 2.45) is 0 Å². The van der Waals surface area contributed by atoms with Gasteiger partial charge in [-0.1, -0.05) is 42.5 Å². The molecule has 0 saturated carbocycles. The Morgan fingerprint density at radius 2 is 1.62 bits per heavy atom. The first-order chi connectivity index (χ1) is 10.2. The summed E-state index contributed by atoms with van der Waals surface area (Å²) in [4.78, 5) is 4.79. The van der Waals surface area contributed by atoms with Crippen molar-refractivity contribution in [3.05, 3.63) is 65.9 Å². The highest BCUT2D eigenvalue weighted by Gasteiger charge is 2.15. The zero-order valence-electron chi connectivity index (χ0n) is 12.1. The van der Waals surface area contributed by atoms with Crippen LogP contribution in [0, 0.1) is 13.8 Å². The predicted octanol–water partition coefficient (Wildman–Crippen LogP) is 5.26. The molecule has 0 N–H and O–H groups in total. The molecule has 0 fully saturated rings. The number of nitrogens with zero attached hydrogens (tertiary/aromatic N) is 1. The van der Waals surface area contributed by atoms with Crippen molar-refractivity contribution in [3.8, 4) is 11.3 Å². The molecule has 2 aromatic heterocycles. The van der Waals surface area contributed by atoms with Crippen molar-refractivity contribution in [2.75, 3.05) is 0 Å². The average molecular weight is 273 g/mol. The molecule has 2 heteroatoms. The minimum atomic E-state index is 0.905. The largest absolute Gasteiger partial charge is 0.456 e. The van der Waals surface area contributed by atoms with E-state index in [0.717, 1.165) is 38.9 Å². The molecule has 2 heterocycles. The van der Waals surface area contributed by atoms with Crippen molar-refractivity contribution in [1.82, 2.24) is 4.98 Å². The molecule has 0 aliphatic heterocycles. The van der Waals surface area contributed by atoms with Gasteiger partial charge in [0.1, 0.15) is 11.2 Å². The van der Waals surface area contributed by atoms with Crippen molar-refractivity contribution >= 4 is 21.9 Å². The number of benzene rings is 2. The molecule has 102 valence electrons. The van der Waals surface area contributed by atoms with Gasteiger partial charge >= 0.3 is 0 Å². The third-order valence-corrected chi connectivity index (χ3v) is 3.89. The first-order valence-corrected chi connectivity index (χ1v) is 7.09. The van der Waals surface area contributed by atoms with Crippen LogP contribution in [0.2, 0.25) is 0 Å². The molecule has 2 nitrogen and oxygen atoms in total. The highest BCUT2D eigenvalue weighted by atomic mass is 16.3. The van der Waals surface area contributed by atoms with Gasteiger partial charge in [0.05, 0.1) is 11.1 Å². The van der Waals surface area contributed by atoms with Crippen LogP contribution in [0.5, 0.6) is 0 Å². The fourth-order valence-electron chi connectivity index (χ4n) is 2.90. The van der Waals surface area contributed by atoms with Crippen LogP contribution in [0.4, 0.5) is 0 Å². The molecule has 0 atom stereocenters. The van der Waals surface area contributed by atoms with Gasteiger partial charge in [-0.3, -0.25) is 4.98 Å². The van der Waals surface area contributed by atoms with Crippen molar-refractivity contribution in [2.45, 2.75) is 13.8 Å². The van der Waals surface area contributed by atoms with Gasteiger partial charge in [0.25, 0.3) is 0 Å². The maximum Gasteiger partial charge on any atom is 0.139 e. The summed E-state index contributed by atoms with van der Waals surface area (Å²) in [6, 6.07) is 18.5. The predicted molar refractivity (Wildman–Crippen MR) is 86.4 cm³/mol. The lowest BCUT2D eigenvalue weighted by atomic mass is 10.0. The summed E-state index contributed by atoms with van der Waals surface area (Å²) in [5.41, 5.74) is 6.18. The fourth-order valence-corrected chi connectivity index (χ4v) is 2.90. The van der Waals surface area contributed by atoms with E-state index in [4.69, 9.17) is 9.40 Å². The quantitative estimate of drug-likeness (QED) is 0.472. The molecule has 0 amide bonds. The van der Waals surface area contributed by atoms with Crippen LogP contribution >= 0.6 is 0 Å². The Morgan fingerprint density at radius 1 is 0.857 bits per heavy atom. The highest BCUT2D eigenvalue weighted by Crippen LogP contribution is 2.36. The summed E-state index contributed by atoms with van der Waals surface area (Å²) >= 11 is 0. The van der Waals surface area contributed by atoms with Gasteiger partial charge in [0.2, 0.25) is 0 Å². The van der Waals surface area contributed by atoms with Gasteiger partial charge in [-0.25, -0.2) is 0 Å². The van der Waals surface area contributed by atoms with Gasteiger partial charge in [-0.2, -0.15) is 0 Å². The molecule has 21 heavy (non-hydrogen) atoms. The van der Waals surface area contributed by atoms with E-state index in [1.165, 1.54) is 5.56 Å². The second kappa shape index (κ2) is 4.45. The average Bonchev–Trinajstić information content (AvgIpc) is 2.85. The normalized spacial score (nSPS) is 11.3. The number of para-hydroxylation sites is 1. The van der Waals surface area contributed by atoms with Crippen LogP contribution in [-0.2, 0) is 0 Å². The van der Waals surface area contributed by atoms with E-state index in [-0.39, 0.29) is 0 Å². The minimum absolute atomic E-state index is 0.905. The van der Waals surface area contributed by atoms with Gasteiger partial charge in [-0.05, 0) is 25.5 Å². The highest BCUT2D eigenvalue weighted by molar-refractivity contribution is 6.11. The first-order valence-electron chi connectivity index (χ1n) is 7.09. The number of pyridine rings is 1. The molecule has 2 aromatic carbocycles. The summed E-state index contributed by atoms with van der Waals surface area (Å²) in [5.74, 6) is 0. The number of aryl methyl sites for hydroxylation is 2. The molecule has 0 unspecified atom stereocenters. The van der Waals surface area contributed by atoms with Crippen molar-refractivity contribution < 1.29 is 4.42 Å². The van der Waals surface area contributed by atoms with Crippen LogP contribution in [0.25, 0.3) is 33.2 Å². The first kappa shape index (κ1) is 12.2. The summed E-state index contributed by atoms with van der Waals surface area (Å²) < 4.78 is 6.00. The molecular weight excluding hydrogens is 258 g/mol. The molecule has 0 spiro atoms. The zero-order chi connectivity index (χ0) is 14.4. The lowest BCUT2D eigenvalue weighted by Gasteiger charge is -2.07. The van der Waals surface area contributed by atoms with Crippen LogP contribution in [0.15, 0.2) is 59.0 Å². The van der Waals surface area contributed by atoms with E-state index >= 15 is 0 Å². The Hall–Kier alpha value is -2.61. The maximum atomic E-state index is 6.00. The third kappa shape index (κ3) is 1.83. The second-order valence-electron chi connectivity index (χ2n) is 5.40. The second-order valence-corrected chi connectivity index (χ2v) is 5.40. The van der Waals surface area contributed by atoms with Gasteiger partial charge in [0, 0.05) is 22.7 Å². The lowest BCUT2D eigenvalue weighted by molar-refractivity contribution is 0.668. The Bertz CT molecular complexity index is 966. The maximum absolute atomic E-state index is 6.00. The summed E-state index contributed by atoms with van der Waals surface area (Å²) in [5, 5.41) is 2.23. The molecule has 0 bridgehead atoms. The molecular formula is C19H15NO. The van der Waals surface area contributed by atoms with Gasteiger partial charge in [-0.15, -0.1) is 0 Å². The lowest BCUT2D eigenvalue weighted by Crippen LogP contribution is -1.90. The third-order valence-electron chi connectivity index (χ3n) is 3.89. The van der Waals surface area contributed by atoms with E-state index < -0.39 is 0 Å². The van der Waals surface area contributed by atoms with E-state index in [1.807, 2.05) is 31.2 Å². The van der Waals surface area contributed by atoms with E-state index in [0.29, 0.717) is 0 Å². The summed E-state index contributed by atoms with van der Waals surface area (Å²) in [6.07, 6.45) is 0. The number of rotatable bonds is 1. The monoisotopic (exact) mass is 273 g/mol. The Kier molecular flexibility index (Phi) is 2.58. The Morgan fingerprint density at radius 3 is 2.48 bits per heavy atom. The molecule has 0 radical (unpaired) electrons. The standard InChI is InChI=1S/C19H15NO/c1-12-7-3-4-8-14(12)19-18-15-9-5-6-10-16(15)21-17(18)11-13(2)20-19/h3-11H,1-2H3. The molecule has 0 aliphatic rings. The number of hydrogen-bond acceptors (Lipinski definition) is 2. The van der Waals surface area contributed by atoms with Crippen molar-refractivity contribution in [1.29, 1.82) is 0 Å². The number of aromatic nitrogens is 1. The number of hydrogen-bond donors (Lipinski definition) is 0. The molecule has 4 aromatic rings. The zero-order valence-corrected chi connectivity index (χ0v) is 12.1. The van der Waals surface area contributed by atoms with Gasteiger partial charge in [0.15, 0.2) is 0 Å². The fraction of sp³-hybridized carbons (Fsp3) is 0.105. The van der Waals surface area contributed by atoms with E-state index in [9.17, 15) is 0 Å².